The van der Waals surface area contributed by atoms with Gasteiger partial charge in [0.1, 0.15) is 33.1 Å². The maximum atomic E-state index is 13.9. The lowest BCUT2D eigenvalue weighted by atomic mass is 10.2. The minimum atomic E-state index is -1.60. The van der Waals surface area contributed by atoms with Crippen molar-refractivity contribution in [2.45, 2.75) is 0 Å². The van der Waals surface area contributed by atoms with Crippen LogP contribution in [0.25, 0.3) is 55.7 Å². The Morgan fingerprint density at radius 3 is 0.688 bits per heavy atom. The van der Waals surface area contributed by atoms with Crippen LogP contribution in [-0.2, 0) is 0 Å². The smallest absolute Gasteiger partial charge is 0.221 e. The maximum Gasteiger partial charge on any atom is 0.270 e. The van der Waals surface area contributed by atoms with Crippen molar-refractivity contribution in [3.8, 4) is 0 Å². The highest BCUT2D eigenvalue weighted by atomic mass is 19.2. The zero-order chi connectivity index (χ0) is 22.3. The van der Waals surface area contributed by atoms with Gasteiger partial charge in [0.25, 0.3) is 35.7 Å². The van der Waals surface area contributed by atoms with Crippen LogP contribution in [0.5, 0.6) is 0 Å². The van der Waals surface area contributed by atoms with Gasteiger partial charge in [-0.05, 0) is 0 Å². The van der Waals surface area contributed by atoms with Gasteiger partial charge in [0.05, 0.1) is 0 Å². The van der Waals surface area contributed by atoms with Crippen LogP contribution in [0.15, 0.2) is 0 Å². The van der Waals surface area contributed by atoms with Gasteiger partial charge in [-0.3, -0.25) is 0 Å². The summed E-state index contributed by atoms with van der Waals surface area (Å²) in [6, 6.07) is 0. The predicted octanol–water partition coefficient (Wildman–Crippen LogP) is 2.24. The van der Waals surface area contributed by atoms with Crippen molar-refractivity contribution in [1.29, 1.82) is 0 Å². The summed E-state index contributed by atoms with van der Waals surface area (Å²) in [5, 5.41) is 0. The number of fused-ring (bicyclic) bond motifs is 8. The summed E-state index contributed by atoms with van der Waals surface area (Å²) in [6.45, 7) is 0. The fourth-order valence-electron chi connectivity index (χ4n) is 3.08. The van der Waals surface area contributed by atoms with Gasteiger partial charge >= 0.3 is 0 Å². The van der Waals surface area contributed by atoms with E-state index < -0.39 is 69.3 Å². The van der Waals surface area contributed by atoms with Gasteiger partial charge in [-0.15, -0.1) is 0 Å². The molecule has 0 saturated heterocycles. The molecule has 156 valence electrons. The number of halogens is 6. The number of benzene rings is 1. The molecule has 0 bridgehead atoms. The summed E-state index contributed by atoms with van der Waals surface area (Å²) in [5.74, 6) is -9.47. The van der Waals surface area contributed by atoms with E-state index in [2.05, 4.69) is 49.8 Å². The first-order valence-electron chi connectivity index (χ1n) is 8.36. The third kappa shape index (κ3) is 2.42. The van der Waals surface area contributed by atoms with E-state index in [0.29, 0.717) is 0 Å². The van der Waals surface area contributed by atoms with Crippen molar-refractivity contribution in [2.75, 3.05) is 0 Å². The van der Waals surface area contributed by atoms with Crippen molar-refractivity contribution < 1.29 is 26.3 Å². The summed E-state index contributed by atoms with van der Waals surface area (Å²) in [6.07, 6.45) is 0. The highest BCUT2D eigenvalue weighted by molar-refractivity contribution is 6.19. The molecule has 5 heterocycles. The Morgan fingerprint density at radius 2 is 0.438 bits per heavy atom. The van der Waals surface area contributed by atoms with Crippen molar-refractivity contribution in [3.63, 3.8) is 0 Å². The van der Waals surface area contributed by atoms with Crippen molar-refractivity contribution in [2.24, 2.45) is 0 Å². The summed E-state index contributed by atoms with van der Waals surface area (Å²) in [5.41, 5.74) is -3.77. The number of rotatable bonds is 0. The molecule has 0 saturated carbocycles. The molecule has 5 aromatic heterocycles. The zero-order valence-corrected chi connectivity index (χ0v) is 14.7. The molecule has 16 heteroatoms. The summed E-state index contributed by atoms with van der Waals surface area (Å²) < 4.78 is 81.9. The Kier molecular flexibility index (Phi) is 3.44. The molecule has 6 rings (SSSR count). The molecule has 6 aromatic rings. The molecule has 0 spiro atoms. The van der Waals surface area contributed by atoms with E-state index in [0.717, 1.165) is 0 Å². The van der Waals surface area contributed by atoms with Crippen LogP contribution in [-0.4, -0.2) is 49.8 Å². The molecular weight excluding hydrogens is 446 g/mol. The average molecular weight is 446 g/mol. The number of aromatic nitrogens is 10. The Balaban J connectivity index is 1.91. The first kappa shape index (κ1) is 18.3. The van der Waals surface area contributed by atoms with Crippen LogP contribution in [0.2, 0.25) is 0 Å². The van der Waals surface area contributed by atoms with Crippen LogP contribution in [0.4, 0.5) is 26.3 Å². The SMILES string of the molecule is Fc1nc2nc3c4nc(F)c(F)nc4c4nc5nc(F)c(F)nc5nc4c3nc2nc1F. The number of nitrogens with zero attached hydrogens (tertiary/aromatic N) is 10. The molecule has 0 fully saturated rings. The number of hydrogen-bond acceptors (Lipinski definition) is 10. The van der Waals surface area contributed by atoms with E-state index in [9.17, 15) is 26.3 Å². The molecule has 32 heavy (non-hydrogen) atoms. The molecule has 0 aliphatic rings. The third-order valence-corrected chi connectivity index (χ3v) is 4.36. The minimum absolute atomic E-state index is 0.249. The Bertz CT molecular complexity index is 1680. The lowest BCUT2D eigenvalue weighted by Gasteiger charge is -2.08. The minimum Gasteiger partial charge on any atom is -0.221 e. The Morgan fingerprint density at radius 1 is 0.250 bits per heavy atom. The molecule has 0 N–H and O–H groups in total. The molecular formula is C16F6N10. The van der Waals surface area contributed by atoms with Gasteiger partial charge in [0.2, 0.25) is 22.6 Å². The van der Waals surface area contributed by atoms with Gasteiger partial charge in [-0.2, -0.15) is 46.3 Å². The third-order valence-electron chi connectivity index (χ3n) is 4.36. The molecule has 0 unspecified atom stereocenters. The van der Waals surface area contributed by atoms with Crippen molar-refractivity contribution in [3.05, 3.63) is 35.7 Å². The van der Waals surface area contributed by atoms with Crippen LogP contribution in [0.3, 0.4) is 0 Å². The van der Waals surface area contributed by atoms with Crippen LogP contribution in [0.1, 0.15) is 0 Å². The second kappa shape index (κ2) is 6.02. The molecule has 0 radical (unpaired) electrons. The van der Waals surface area contributed by atoms with Crippen LogP contribution < -0.4 is 0 Å². The van der Waals surface area contributed by atoms with E-state index in [1.807, 2.05) is 0 Å². The largest absolute Gasteiger partial charge is 0.270 e. The van der Waals surface area contributed by atoms with Crippen molar-refractivity contribution >= 4 is 55.7 Å². The first-order valence-corrected chi connectivity index (χ1v) is 8.36. The Hall–Kier alpha value is -4.50. The van der Waals surface area contributed by atoms with Gasteiger partial charge in [0, 0.05) is 0 Å². The van der Waals surface area contributed by atoms with Gasteiger partial charge < -0.3 is 0 Å². The van der Waals surface area contributed by atoms with E-state index in [1.165, 1.54) is 0 Å². The second-order valence-corrected chi connectivity index (χ2v) is 6.25. The normalized spacial score (nSPS) is 12.1. The quantitative estimate of drug-likeness (QED) is 0.195. The monoisotopic (exact) mass is 446 g/mol. The summed E-state index contributed by atoms with van der Waals surface area (Å²) in [4.78, 5) is 36.0. The molecule has 1 aromatic carbocycles. The van der Waals surface area contributed by atoms with Crippen LogP contribution >= 0.6 is 0 Å². The van der Waals surface area contributed by atoms with E-state index >= 15 is 0 Å². The lowest BCUT2D eigenvalue weighted by molar-refractivity contribution is 0.457. The van der Waals surface area contributed by atoms with Crippen molar-refractivity contribution in [1.82, 2.24) is 49.8 Å². The van der Waals surface area contributed by atoms with E-state index in [-0.39, 0.29) is 22.1 Å². The van der Waals surface area contributed by atoms with E-state index in [1.54, 1.807) is 0 Å². The van der Waals surface area contributed by atoms with E-state index in [4.69, 9.17) is 0 Å². The topological polar surface area (TPSA) is 129 Å². The molecule has 0 aliphatic carbocycles. The highest BCUT2D eigenvalue weighted by Crippen LogP contribution is 2.31. The molecule has 0 aliphatic heterocycles. The van der Waals surface area contributed by atoms with Gasteiger partial charge in [-0.25, -0.2) is 29.9 Å². The van der Waals surface area contributed by atoms with Gasteiger partial charge in [-0.1, -0.05) is 0 Å². The second-order valence-electron chi connectivity index (χ2n) is 6.25. The average Bonchev–Trinajstić information content (AvgIpc) is 2.75. The standard InChI is InChI=1S/C16F6N10/c17-7-8(18)24-2-1(23-7)3-5(27-15-13(25-3)29-9(19)11(21)31-15)6-4(2)26-14-16(28-6)32-12(22)10(20)30-14. The highest BCUT2D eigenvalue weighted by Gasteiger charge is 2.23. The molecule has 0 atom stereocenters. The first-order chi connectivity index (χ1) is 15.3. The maximum absolute atomic E-state index is 13.9. The molecule has 10 nitrogen and oxygen atoms in total. The summed E-state index contributed by atoms with van der Waals surface area (Å²) >= 11 is 0. The summed E-state index contributed by atoms with van der Waals surface area (Å²) in [7, 11) is 0. The Labute approximate surface area is 168 Å². The predicted molar refractivity (Wildman–Crippen MR) is 91.7 cm³/mol. The fourth-order valence-corrected chi connectivity index (χ4v) is 3.08. The fraction of sp³-hybridized carbons (Fsp3) is 0. The zero-order valence-electron chi connectivity index (χ0n) is 14.7. The number of hydrogen-bond donors (Lipinski definition) is 0. The van der Waals surface area contributed by atoms with Gasteiger partial charge in [0.15, 0.2) is 0 Å². The lowest BCUT2D eigenvalue weighted by Crippen LogP contribution is -2.06. The molecule has 0 amide bonds. The van der Waals surface area contributed by atoms with Crippen LogP contribution in [0, 0.1) is 35.7 Å².